The van der Waals surface area contributed by atoms with Gasteiger partial charge in [0.1, 0.15) is 0 Å². The zero-order valence-corrected chi connectivity index (χ0v) is 16.6. The summed E-state index contributed by atoms with van der Waals surface area (Å²) in [5.41, 5.74) is 3.94. The zero-order chi connectivity index (χ0) is 19.1. The van der Waals surface area contributed by atoms with Gasteiger partial charge in [0.15, 0.2) is 11.5 Å². The standard InChI is InChI=1S/C19H13Cl3N4O/c1-10-17(19-23-11(2)25-27-19)24-26(16-8-7-14(21)9-15(16)22)18(10)12-3-5-13(20)6-4-12/h3-9H,1-2H3. The summed E-state index contributed by atoms with van der Waals surface area (Å²) in [5, 5.41) is 10.3. The number of halogens is 3. The van der Waals surface area contributed by atoms with Crippen molar-refractivity contribution in [2.75, 3.05) is 0 Å². The van der Waals surface area contributed by atoms with Gasteiger partial charge in [-0.2, -0.15) is 10.1 Å². The smallest absolute Gasteiger partial charge is 0.278 e. The van der Waals surface area contributed by atoms with Crippen molar-refractivity contribution in [2.24, 2.45) is 0 Å². The van der Waals surface area contributed by atoms with Crippen LogP contribution in [0.25, 0.3) is 28.5 Å². The van der Waals surface area contributed by atoms with Gasteiger partial charge in [0.25, 0.3) is 5.89 Å². The van der Waals surface area contributed by atoms with Crippen LogP contribution in [-0.4, -0.2) is 19.9 Å². The van der Waals surface area contributed by atoms with Crippen LogP contribution in [0.2, 0.25) is 15.1 Å². The average molecular weight is 420 g/mol. The van der Waals surface area contributed by atoms with E-state index in [1.807, 2.05) is 37.3 Å². The number of hydrogen-bond acceptors (Lipinski definition) is 4. The Balaban J connectivity index is 1.99. The van der Waals surface area contributed by atoms with E-state index >= 15 is 0 Å². The molecule has 0 aliphatic heterocycles. The van der Waals surface area contributed by atoms with Gasteiger partial charge in [0.2, 0.25) is 0 Å². The molecule has 0 unspecified atom stereocenters. The van der Waals surface area contributed by atoms with Crippen molar-refractivity contribution in [3.63, 3.8) is 0 Å². The fraction of sp³-hybridized carbons (Fsp3) is 0.105. The van der Waals surface area contributed by atoms with Gasteiger partial charge in [-0.1, -0.05) is 52.1 Å². The van der Waals surface area contributed by atoms with Crippen LogP contribution in [0.4, 0.5) is 0 Å². The minimum absolute atomic E-state index is 0.351. The Morgan fingerprint density at radius 1 is 0.926 bits per heavy atom. The van der Waals surface area contributed by atoms with Gasteiger partial charge in [-0.05, 0) is 44.2 Å². The Kier molecular flexibility index (Phi) is 4.68. The molecule has 4 aromatic rings. The fourth-order valence-electron chi connectivity index (χ4n) is 2.87. The molecule has 0 saturated carbocycles. The Morgan fingerprint density at radius 2 is 1.63 bits per heavy atom. The third kappa shape index (κ3) is 3.34. The molecule has 0 radical (unpaired) electrons. The fourth-order valence-corrected chi connectivity index (χ4v) is 3.48. The average Bonchev–Trinajstić information content (AvgIpc) is 3.19. The first-order valence-corrected chi connectivity index (χ1v) is 9.19. The van der Waals surface area contributed by atoms with Gasteiger partial charge < -0.3 is 4.52 Å². The molecule has 8 heteroatoms. The van der Waals surface area contributed by atoms with E-state index in [2.05, 4.69) is 10.1 Å². The van der Waals surface area contributed by atoms with E-state index in [0.717, 1.165) is 16.8 Å². The molecule has 2 heterocycles. The summed E-state index contributed by atoms with van der Waals surface area (Å²) in [5.74, 6) is 0.889. The van der Waals surface area contributed by atoms with Crippen LogP contribution in [0.15, 0.2) is 47.0 Å². The quantitative estimate of drug-likeness (QED) is 0.398. The molecule has 0 spiro atoms. The predicted molar refractivity (Wildman–Crippen MR) is 107 cm³/mol. The van der Waals surface area contributed by atoms with Crippen LogP contribution in [0.5, 0.6) is 0 Å². The molecular weight excluding hydrogens is 407 g/mol. The minimum atomic E-state index is 0.351. The number of aromatic nitrogens is 4. The third-order valence-electron chi connectivity index (χ3n) is 4.11. The molecule has 2 aromatic heterocycles. The van der Waals surface area contributed by atoms with Gasteiger partial charge in [-0.15, -0.1) is 0 Å². The van der Waals surface area contributed by atoms with Crippen LogP contribution < -0.4 is 0 Å². The van der Waals surface area contributed by atoms with Crippen molar-refractivity contribution in [1.29, 1.82) is 0 Å². The second-order valence-electron chi connectivity index (χ2n) is 5.98. The lowest BCUT2D eigenvalue weighted by molar-refractivity contribution is 0.424. The van der Waals surface area contributed by atoms with Crippen molar-refractivity contribution in [2.45, 2.75) is 13.8 Å². The highest BCUT2D eigenvalue weighted by Crippen LogP contribution is 2.35. The summed E-state index contributed by atoms with van der Waals surface area (Å²) < 4.78 is 7.08. The molecule has 0 fully saturated rings. The summed E-state index contributed by atoms with van der Waals surface area (Å²) in [7, 11) is 0. The maximum absolute atomic E-state index is 6.44. The van der Waals surface area contributed by atoms with Crippen LogP contribution in [0, 0.1) is 13.8 Å². The number of benzene rings is 2. The second kappa shape index (κ2) is 7.00. The van der Waals surface area contributed by atoms with Crippen molar-refractivity contribution in [3.8, 4) is 28.5 Å². The van der Waals surface area contributed by atoms with E-state index in [1.165, 1.54) is 0 Å². The van der Waals surface area contributed by atoms with E-state index in [0.29, 0.717) is 38.2 Å². The molecule has 5 nitrogen and oxygen atoms in total. The third-order valence-corrected chi connectivity index (χ3v) is 4.90. The molecule has 2 aromatic carbocycles. The van der Waals surface area contributed by atoms with Crippen LogP contribution in [0.3, 0.4) is 0 Å². The first kappa shape index (κ1) is 18.0. The Morgan fingerprint density at radius 3 is 2.26 bits per heavy atom. The SMILES string of the molecule is Cc1noc(-c2nn(-c3ccc(Cl)cc3Cl)c(-c3ccc(Cl)cc3)c2C)n1. The first-order valence-electron chi connectivity index (χ1n) is 8.05. The summed E-state index contributed by atoms with van der Waals surface area (Å²) in [6.07, 6.45) is 0. The topological polar surface area (TPSA) is 56.7 Å². The Hall–Kier alpha value is -2.34. The molecule has 4 rings (SSSR count). The molecule has 0 amide bonds. The van der Waals surface area contributed by atoms with Gasteiger partial charge >= 0.3 is 0 Å². The number of rotatable bonds is 3. The maximum atomic E-state index is 6.44. The molecule has 0 aliphatic rings. The highest BCUT2D eigenvalue weighted by molar-refractivity contribution is 6.35. The highest BCUT2D eigenvalue weighted by atomic mass is 35.5. The molecule has 27 heavy (non-hydrogen) atoms. The molecule has 0 aliphatic carbocycles. The van der Waals surface area contributed by atoms with Crippen molar-refractivity contribution in [1.82, 2.24) is 19.9 Å². The van der Waals surface area contributed by atoms with Crippen LogP contribution >= 0.6 is 34.8 Å². The van der Waals surface area contributed by atoms with E-state index < -0.39 is 0 Å². The summed E-state index contributed by atoms with van der Waals surface area (Å²) in [4.78, 5) is 4.31. The minimum Gasteiger partial charge on any atom is -0.332 e. The zero-order valence-electron chi connectivity index (χ0n) is 14.4. The molecular formula is C19H13Cl3N4O. The molecule has 0 bridgehead atoms. The Bertz CT molecular complexity index is 1130. The molecule has 0 N–H and O–H groups in total. The summed E-state index contributed by atoms with van der Waals surface area (Å²) >= 11 is 18.5. The monoisotopic (exact) mass is 418 g/mol. The van der Waals surface area contributed by atoms with E-state index in [-0.39, 0.29) is 0 Å². The lowest BCUT2D eigenvalue weighted by Crippen LogP contribution is -2.00. The number of aryl methyl sites for hydroxylation is 1. The maximum Gasteiger partial charge on any atom is 0.278 e. The van der Waals surface area contributed by atoms with E-state index in [4.69, 9.17) is 44.4 Å². The van der Waals surface area contributed by atoms with E-state index in [9.17, 15) is 0 Å². The van der Waals surface area contributed by atoms with Crippen LogP contribution in [-0.2, 0) is 0 Å². The number of hydrogen-bond donors (Lipinski definition) is 0. The lowest BCUT2D eigenvalue weighted by atomic mass is 10.1. The highest BCUT2D eigenvalue weighted by Gasteiger charge is 2.23. The lowest BCUT2D eigenvalue weighted by Gasteiger charge is -2.11. The van der Waals surface area contributed by atoms with Crippen molar-refractivity contribution < 1.29 is 4.52 Å². The van der Waals surface area contributed by atoms with Gasteiger partial charge in [0.05, 0.1) is 16.4 Å². The number of nitrogens with zero attached hydrogens (tertiary/aromatic N) is 4. The summed E-state index contributed by atoms with van der Waals surface area (Å²) in [6.45, 7) is 3.71. The molecule has 0 saturated heterocycles. The largest absolute Gasteiger partial charge is 0.332 e. The Labute approximate surface area is 170 Å². The molecule has 0 atom stereocenters. The summed E-state index contributed by atoms with van der Waals surface area (Å²) in [6, 6.07) is 12.8. The second-order valence-corrected chi connectivity index (χ2v) is 7.26. The van der Waals surface area contributed by atoms with Gasteiger partial charge in [-0.3, -0.25) is 0 Å². The van der Waals surface area contributed by atoms with Crippen molar-refractivity contribution >= 4 is 34.8 Å². The van der Waals surface area contributed by atoms with Gasteiger partial charge in [0, 0.05) is 21.2 Å². The van der Waals surface area contributed by atoms with E-state index in [1.54, 1.807) is 23.7 Å². The predicted octanol–water partition coefficient (Wildman–Crippen LogP) is 6.17. The normalized spacial score (nSPS) is 11.1. The van der Waals surface area contributed by atoms with Gasteiger partial charge in [-0.25, -0.2) is 4.68 Å². The first-order chi connectivity index (χ1) is 12.9. The van der Waals surface area contributed by atoms with Crippen molar-refractivity contribution in [3.05, 3.63) is 68.9 Å². The van der Waals surface area contributed by atoms with Crippen LogP contribution in [0.1, 0.15) is 11.4 Å². The molecule has 136 valence electrons.